The summed E-state index contributed by atoms with van der Waals surface area (Å²) in [6.45, 7) is 3.38. The van der Waals surface area contributed by atoms with Crippen molar-refractivity contribution in [1.82, 2.24) is 10.4 Å². The number of nitrogens with one attached hydrogen (secondary N) is 1. The highest BCUT2D eigenvalue weighted by molar-refractivity contribution is 6.30. The van der Waals surface area contributed by atoms with E-state index in [0.717, 1.165) is 12.0 Å². The fraction of sp³-hybridized carbons (Fsp3) is 0.375. The molecule has 1 aromatic carbocycles. The van der Waals surface area contributed by atoms with Crippen LogP contribution in [0.3, 0.4) is 0 Å². The summed E-state index contributed by atoms with van der Waals surface area (Å²) >= 11 is 5.89. The summed E-state index contributed by atoms with van der Waals surface area (Å²) < 4.78 is 4.94. The number of esters is 1. The summed E-state index contributed by atoms with van der Waals surface area (Å²) in [7, 11) is 0. The van der Waals surface area contributed by atoms with Gasteiger partial charge in [0.1, 0.15) is 0 Å². The quantitative estimate of drug-likeness (QED) is 0.668. The highest BCUT2D eigenvalue weighted by atomic mass is 35.5. The molecule has 0 aliphatic carbocycles. The van der Waals surface area contributed by atoms with E-state index in [2.05, 4.69) is 5.43 Å². The van der Waals surface area contributed by atoms with Crippen LogP contribution in [0.4, 0.5) is 0 Å². The van der Waals surface area contributed by atoms with Gasteiger partial charge in [-0.3, -0.25) is 15.0 Å². The third-order valence-corrected chi connectivity index (χ3v) is 3.48. The van der Waals surface area contributed by atoms with Crippen LogP contribution >= 0.6 is 11.6 Å². The second-order valence-corrected chi connectivity index (χ2v) is 5.44. The molecule has 0 fully saturated rings. The predicted molar refractivity (Wildman–Crippen MR) is 84.4 cm³/mol. The number of hydrogen-bond acceptors (Lipinski definition) is 4. The van der Waals surface area contributed by atoms with Gasteiger partial charge in [-0.25, -0.2) is 5.01 Å². The Morgan fingerprint density at radius 1 is 1.41 bits per heavy atom. The molecule has 2 rings (SSSR count). The zero-order valence-electron chi connectivity index (χ0n) is 12.5. The SMILES string of the molecule is CCOC(=O)CC1=CCCN(NC(=O)c2cccc(Cl)c2)C1. The van der Waals surface area contributed by atoms with Crippen molar-refractivity contribution in [1.29, 1.82) is 0 Å². The number of rotatable bonds is 5. The molecule has 6 heteroatoms. The van der Waals surface area contributed by atoms with Crippen LogP contribution < -0.4 is 5.43 Å². The first-order valence-electron chi connectivity index (χ1n) is 7.23. The van der Waals surface area contributed by atoms with Crippen LogP contribution in [0.5, 0.6) is 0 Å². The molecule has 0 radical (unpaired) electrons. The highest BCUT2D eigenvalue weighted by Gasteiger charge is 2.18. The Balaban J connectivity index is 1.90. The zero-order valence-corrected chi connectivity index (χ0v) is 13.2. The van der Waals surface area contributed by atoms with E-state index in [4.69, 9.17) is 16.3 Å². The average molecular weight is 323 g/mol. The van der Waals surface area contributed by atoms with Gasteiger partial charge in [0.2, 0.25) is 0 Å². The Bertz CT molecular complexity index is 587. The molecular formula is C16H19ClN2O3. The van der Waals surface area contributed by atoms with Crippen molar-refractivity contribution >= 4 is 23.5 Å². The van der Waals surface area contributed by atoms with Crippen LogP contribution in [0.1, 0.15) is 30.1 Å². The molecule has 0 atom stereocenters. The molecule has 0 aromatic heterocycles. The Morgan fingerprint density at radius 2 is 2.23 bits per heavy atom. The average Bonchev–Trinajstić information content (AvgIpc) is 2.47. The first-order chi connectivity index (χ1) is 10.6. The van der Waals surface area contributed by atoms with E-state index in [0.29, 0.717) is 30.3 Å². The molecule has 1 aliphatic heterocycles. The smallest absolute Gasteiger partial charge is 0.309 e. The molecule has 1 aromatic rings. The minimum atomic E-state index is -0.239. The van der Waals surface area contributed by atoms with Gasteiger partial charge in [-0.05, 0) is 37.1 Å². The fourth-order valence-corrected chi connectivity index (χ4v) is 2.46. The van der Waals surface area contributed by atoms with Crippen molar-refractivity contribution in [3.8, 4) is 0 Å². The van der Waals surface area contributed by atoms with Crippen LogP contribution in [0.15, 0.2) is 35.9 Å². The van der Waals surface area contributed by atoms with E-state index in [1.807, 2.05) is 6.08 Å². The Labute approximate surface area is 134 Å². The monoisotopic (exact) mass is 322 g/mol. The predicted octanol–water partition coefficient (Wildman–Crippen LogP) is 2.57. The van der Waals surface area contributed by atoms with Gasteiger partial charge in [-0.15, -0.1) is 0 Å². The number of carbonyl (C=O) groups excluding carboxylic acids is 2. The second-order valence-electron chi connectivity index (χ2n) is 5.01. The Hall–Kier alpha value is -1.85. The number of ether oxygens (including phenoxy) is 1. The van der Waals surface area contributed by atoms with Crippen LogP contribution in [-0.4, -0.2) is 36.6 Å². The van der Waals surface area contributed by atoms with Crippen molar-refractivity contribution in [3.05, 3.63) is 46.5 Å². The summed E-state index contributed by atoms with van der Waals surface area (Å²) in [5, 5.41) is 2.33. The van der Waals surface area contributed by atoms with Crippen molar-refractivity contribution in [2.75, 3.05) is 19.7 Å². The Morgan fingerprint density at radius 3 is 2.95 bits per heavy atom. The lowest BCUT2D eigenvalue weighted by atomic mass is 10.1. The molecule has 1 N–H and O–H groups in total. The van der Waals surface area contributed by atoms with Crippen molar-refractivity contribution in [2.24, 2.45) is 0 Å². The fourth-order valence-electron chi connectivity index (χ4n) is 2.27. The van der Waals surface area contributed by atoms with Gasteiger partial charge in [-0.2, -0.15) is 0 Å². The standard InChI is InChI=1S/C16H19ClN2O3/c1-2-22-15(20)9-12-5-4-8-19(11-12)18-16(21)13-6-3-7-14(17)10-13/h3,5-7,10H,2,4,8-9,11H2,1H3,(H,18,21). The minimum absolute atomic E-state index is 0.208. The van der Waals surface area contributed by atoms with Crippen LogP contribution in [-0.2, 0) is 9.53 Å². The molecule has 1 aliphatic rings. The van der Waals surface area contributed by atoms with Crippen molar-refractivity contribution in [2.45, 2.75) is 19.8 Å². The lowest BCUT2D eigenvalue weighted by molar-refractivity contribution is -0.142. The second kappa shape index (κ2) is 7.96. The number of hydrazine groups is 1. The molecule has 22 heavy (non-hydrogen) atoms. The maximum Gasteiger partial charge on any atom is 0.309 e. The maximum atomic E-state index is 12.2. The van der Waals surface area contributed by atoms with E-state index in [1.54, 1.807) is 36.2 Å². The molecule has 0 bridgehead atoms. The molecule has 1 heterocycles. The first-order valence-corrected chi connectivity index (χ1v) is 7.61. The van der Waals surface area contributed by atoms with Crippen molar-refractivity contribution < 1.29 is 14.3 Å². The van der Waals surface area contributed by atoms with Gasteiger partial charge in [0, 0.05) is 23.7 Å². The minimum Gasteiger partial charge on any atom is -0.466 e. The third-order valence-electron chi connectivity index (χ3n) is 3.25. The van der Waals surface area contributed by atoms with E-state index < -0.39 is 0 Å². The number of carbonyl (C=O) groups is 2. The molecular weight excluding hydrogens is 304 g/mol. The number of benzene rings is 1. The molecule has 5 nitrogen and oxygen atoms in total. The topological polar surface area (TPSA) is 58.6 Å². The molecule has 0 saturated carbocycles. The van der Waals surface area contributed by atoms with Gasteiger partial charge in [0.15, 0.2) is 0 Å². The molecule has 1 amide bonds. The van der Waals surface area contributed by atoms with Gasteiger partial charge >= 0.3 is 5.97 Å². The van der Waals surface area contributed by atoms with E-state index in [1.165, 1.54) is 0 Å². The Kier molecular flexibility index (Phi) is 5.98. The van der Waals surface area contributed by atoms with Gasteiger partial charge in [-0.1, -0.05) is 23.7 Å². The number of nitrogens with zero attached hydrogens (tertiary/aromatic N) is 1. The summed E-state index contributed by atoms with van der Waals surface area (Å²) in [5.41, 5.74) is 4.30. The van der Waals surface area contributed by atoms with Gasteiger partial charge in [0.25, 0.3) is 5.91 Å². The third kappa shape index (κ3) is 4.86. The lowest BCUT2D eigenvalue weighted by Crippen LogP contribution is -2.45. The van der Waals surface area contributed by atoms with Crippen LogP contribution in [0, 0.1) is 0 Å². The number of halogens is 1. The van der Waals surface area contributed by atoms with Crippen LogP contribution in [0.2, 0.25) is 5.02 Å². The lowest BCUT2D eigenvalue weighted by Gasteiger charge is -2.27. The normalized spacial score (nSPS) is 15.1. The van der Waals surface area contributed by atoms with Gasteiger partial charge in [0.05, 0.1) is 13.0 Å². The van der Waals surface area contributed by atoms with Crippen LogP contribution in [0.25, 0.3) is 0 Å². The van der Waals surface area contributed by atoms with Crippen molar-refractivity contribution in [3.63, 3.8) is 0 Å². The highest BCUT2D eigenvalue weighted by Crippen LogP contribution is 2.14. The number of amides is 1. The van der Waals surface area contributed by atoms with E-state index in [9.17, 15) is 9.59 Å². The number of hydrogen-bond donors (Lipinski definition) is 1. The molecule has 0 spiro atoms. The van der Waals surface area contributed by atoms with E-state index >= 15 is 0 Å². The zero-order chi connectivity index (χ0) is 15.9. The molecule has 118 valence electrons. The molecule has 0 saturated heterocycles. The summed E-state index contributed by atoms with van der Waals surface area (Å²) in [4.78, 5) is 23.7. The van der Waals surface area contributed by atoms with Gasteiger partial charge < -0.3 is 4.74 Å². The first kappa shape index (κ1) is 16.5. The largest absolute Gasteiger partial charge is 0.466 e. The summed E-state index contributed by atoms with van der Waals surface area (Å²) in [6.07, 6.45) is 3.07. The summed E-state index contributed by atoms with van der Waals surface area (Å²) in [6, 6.07) is 6.79. The summed E-state index contributed by atoms with van der Waals surface area (Å²) in [5.74, 6) is -0.448. The van der Waals surface area contributed by atoms with E-state index in [-0.39, 0.29) is 18.3 Å². The molecule has 0 unspecified atom stereocenters. The maximum absolute atomic E-state index is 12.2.